The Hall–Kier alpha value is -2.61. The summed E-state index contributed by atoms with van der Waals surface area (Å²) in [5.41, 5.74) is 4.14. The number of thiazole rings is 1. The highest BCUT2D eigenvalue weighted by atomic mass is 32.1. The number of esters is 1. The lowest BCUT2D eigenvalue weighted by Crippen LogP contribution is -1.99. The summed E-state index contributed by atoms with van der Waals surface area (Å²) >= 11 is 1.18. The summed E-state index contributed by atoms with van der Waals surface area (Å²) in [4.78, 5) is 16.2. The molecule has 23 heavy (non-hydrogen) atoms. The van der Waals surface area contributed by atoms with Gasteiger partial charge in [-0.05, 0) is 25.1 Å². The highest BCUT2D eigenvalue weighted by molar-refractivity contribution is 7.17. The minimum absolute atomic E-state index is 0.411. The molecule has 0 aliphatic heterocycles. The third-order valence-electron chi connectivity index (χ3n) is 2.97. The van der Waals surface area contributed by atoms with Gasteiger partial charge in [-0.2, -0.15) is 5.10 Å². The normalized spacial score (nSPS) is 10.6. The number of ether oxygens (including phenoxy) is 3. The summed E-state index contributed by atoms with van der Waals surface area (Å²) in [5.74, 6) is 0.957. The van der Waals surface area contributed by atoms with Gasteiger partial charge in [-0.3, -0.25) is 5.43 Å². The number of methoxy groups -OCH3 is 3. The molecule has 0 radical (unpaired) electrons. The topological polar surface area (TPSA) is 82.0 Å². The molecule has 0 fully saturated rings. The largest absolute Gasteiger partial charge is 0.497 e. The third kappa shape index (κ3) is 3.98. The van der Waals surface area contributed by atoms with Gasteiger partial charge in [0.15, 0.2) is 0 Å². The van der Waals surface area contributed by atoms with Gasteiger partial charge in [0.1, 0.15) is 16.4 Å². The van der Waals surface area contributed by atoms with Crippen molar-refractivity contribution in [3.05, 3.63) is 34.3 Å². The van der Waals surface area contributed by atoms with Crippen LogP contribution in [0.3, 0.4) is 0 Å². The lowest BCUT2D eigenvalue weighted by atomic mass is 10.2. The molecule has 0 aliphatic carbocycles. The molecule has 7 nitrogen and oxygen atoms in total. The van der Waals surface area contributed by atoms with Gasteiger partial charge in [0.25, 0.3) is 0 Å². The number of anilines is 1. The molecule has 0 amide bonds. The SMILES string of the molecule is COC(=O)c1sc(N/N=C/c2cc(OC)ccc2OC)nc1C. The number of aryl methyl sites for hydroxylation is 1. The van der Waals surface area contributed by atoms with Crippen LogP contribution in [0.5, 0.6) is 11.5 Å². The standard InChI is InChI=1S/C15H17N3O4S/c1-9-13(14(19)22-4)23-15(17-9)18-16-8-10-7-11(20-2)5-6-12(10)21-3/h5-8H,1-4H3,(H,17,18)/b16-8+. The maximum absolute atomic E-state index is 11.5. The molecular formula is C15H17N3O4S. The smallest absolute Gasteiger partial charge is 0.350 e. The van der Waals surface area contributed by atoms with Crippen LogP contribution in [0, 0.1) is 6.92 Å². The minimum Gasteiger partial charge on any atom is -0.497 e. The number of nitrogens with zero attached hydrogens (tertiary/aromatic N) is 2. The highest BCUT2D eigenvalue weighted by Crippen LogP contribution is 2.24. The first-order chi connectivity index (χ1) is 11.1. The predicted molar refractivity (Wildman–Crippen MR) is 89.0 cm³/mol. The molecular weight excluding hydrogens is 318 g/mol. The quantitative estimate of drug-likeness (QED) is 0.496. The minimum atomic E-state index is -0.411. The van der Waals surface area contributed by atoms with Crippen LogP contribution in [0.15, 0.2) is 23.3 Å². The first-order valence-corrected chi connectivity index (χ1v) is 7.47. The molecule has 1 heterocycles. The van der Waals surface area contributed by atoms with Crippen molar-refractivity contribution in [3.8, 4) is 11.5 Å². The summed E-state index contributed by atoms with van der Waals surface area (Å²) in [6.07, 6.45) is 1.59. The van der Waals surface area contributed by atoms with E-state index in [0.717, 1.165) is 5.56 Å². The van der Waals surface area contributed by atoms with E-state index < -0.39 is 5.97 Å². The maximum atomic E-state index is 11.5. The van der Waals surface area contributed by atoms with E-state index >= 15 is 0 Å². The van der Waals surface area contributed by atoms with Crippen molar-refractivity contribution in [2.75, 3.05) is 26.8 Å². The lowest BCUT2D eigenvalue weighted by Gasteiger charge is -2.06. The highest BCUT2D eigenvalue weighted by Gasteiger charge is 2.15. The van der Waals surface area contributed by atoms with Crippen molar-refractivity contribution in [3.63, 3.8) is 0 Å². The fraction of sp³-hybridized carbons (Fsp3) is 0.267. The van der Waals surface area contributed by atoms with E-state index in [0.29, 0.717) is 27.2 Å². The van der Waals surface area contributed by atoms with Gasteiger partial charge in [0.2, 0.25) is 5.13 Å². The van der Waals surface area contributed by atoms with Gasteiger partial charge < -0.3 is 14.2 Å². The Labute approximate surface area is 137 Å². The zero-order chi connectivity index (χ0) is 16.8. The van der Waals surface area contributed by atoms with Gasteiger partial charge in [0, 0.05) is 5.56 Å². The molecule has 0 bridgehead atoms. The molecule has 8 heteroatoms. The second-order valence-electron chi connectivity index (χ2n) is 4.40. The van der Waals surface area contributed by atoms with Crippen molar-refractivity contribution in [1.82, 2.24) is 4.98 Å². The van der Waals surface area contributed by atoms with E-state index in [1.807, 2.05) is 0 Å². The maximum Gasteiger partial charge on any atom is 0.350 e. The Kier molecular flexibility index (Phi) is 5.53. The molecule has 122 valence electrons. The fourth-order valence-electron chi connectivity index (χ4n) is 1.82. The van der Waals surface area contributed by atoms with E-state index in [1.54, 1.807) is 45.6 Å². The molecule has 2 aromatic rings. The fourth-order valence-corrected chi connectivity index (χ4v) is 2.66. The van der Waals surface area contributed by atoms with E-state index in [4.69, 9.17) is 14.2 Å². The number of carbonyl (C=O) groups excluding carboxylic acids is 1. The van der Waals surface area contributed by atoms with Crippen molar-refractivity contribution in [1.29, 1.82) is 0 Å². The van der Waals surface area contributed by atoms with E-state index in [2.05, 4.69) is 15.5 Å². The zero-order valence-corrected chi connectivity index (χ0v) is 14.1. The predicted octanol–water partition coefficient (Wildman–Crippen LogP) is 2.70. The summed E-state index contributed by atoms with van der Waals surface area (Å²) in [6, 6.07) is 5.40. The van der Waals surface area contributed by atoms with Crippen LogP contribution in [-0.2, 0) is 4.74 Å². The average Bonchev–Trinajstić information content (AvgIpc) is 2.94. The number of aromatic nitrogens is 1. The number of benzene rings is 1. The van der Waals surface area contributed by atoms with Gasteiger partial charge in [-0.15, -0.1) is 0 Å². The lowest BCUT2D eigenvalue weighted by molar-refractivity contribution is 0.0605. The molecule has 0 atom stereocenters. The van der Waals surface area contributed by atoms with Crippen LogP contribution in [0.2, 0.25) is 0 Å². The number of hydrazone groups is 1. The monoisotopic (exact) mass is 335 g/mol. The summed E-state index contributed by atoms with van der Waals surface area (Å²) in [7, 11) is 4.51. The van der Waals surface area contributed by atoms with E-state index in [9.17, 15) is 4.79 Å². The van der Waals surface area contributed by atoms with Crippen LogP contribution >= 0.6 is 11.3 Å². The van der Waals surface area contributed by atoms with Crippen molar-refractivity contribution >= 4 is 28.7 Å². The average molecular weight is 335 g/mol. The molecule has 0 unspecified atom stereocenters. The molecule has 0 aliphatic rings. The Morgan fingerprint density at radius 3 is 2.74 bits per heavy atom. The van der Waals surface area contributed by atoms with Crippen LogP contribution < -0.4 is 14.9 Å². The number of rotatable bonds is 6. The number of hydrogen-bond acceptors (Lipinski definition) is 8. The van der Waals surface area contributed by atoms with Gasteiger partial charge in [-0.1, -0.05) is 11.3 Å². The summed E-state index contributed by atoms with van der Waals surface area (Å²) in [5, 5.41) is 4.62. The van der Waals surface area contributed by atoms with Gasteiger partial charge in [-0.25, -0.2) is 9.78 Å². The Morgan fingerprint density at radius 1 is 1.30 bits per heavy atom. The molecule has 1 N–H and O–H groups in total. The van der Waals surface area contributed by atoms with Crippen molar-refractivity contribution < 1.29 is 19.0 Å². The Bertz CT molecular complexity index is 728. The second kappa shape index (κ2) is 7.59. The van der Waals surface area contributed by atoms with Crippen LogP contribution in [0.25, 0.3) is 0 Å². The van der Waals surface area contributed by atoms with E-state index in [-0.39, 0.29) is 0 Å². The summed E-state index contributed by atoms with van der Waals surface area (Å²) in [6.45, 7) is 1.74. The first-order valence-electron chi connectivity index (χ1n) is 6.66. The molecule has 1 aromatic heterocycles. The van der Waals surface area contributed by atoms with Crippen molar-refractivity contribution in [2.45, 2.75) is 6.92 Å². The van der Waals surface area contributed by atoms with Crippen LogP contribution in [0.1, 0.15) is 20.9 Å². The van der Waals surface area contributed by atoms with Gasteiger partial charge >= 0.3 is 5.97 Å². The number of nitrogens with one attached hydrogen (secondary N) is 1. The van der Waals surface area contributed by atoms with Crippen LogP contribution in [-0.4, -0.2) is 38.5 Å². The number of hydrogen-bond donors (Lipinski definition) is 1. The summed E-state index contributed by atoms with van der Waals surface area (Å²) < 4.78 is 15.1. The molecule has 0 spiro atoms. The molecule has 0 saturated carbocycles. The third-order valence-corrected chi connectivity index (χ3v) is 4.01. The Morgan fingerprint density at radius 2 is 2.09 bits per heavy atom. The van der Waals surface area contributed by atoms with E-state index in [1.165, 1.54) is 18.4 Å². The van der Waals surface area contributed by atoms with Crippen molar-refractivity contribution in [2.24, 2.45) is 5.10 Å². The Balaban J connectivity index is 2.14. The van der Waals surface area contributed by atoms with Gasteiger partial charge in [0.05, 0.1) is 33.2 Å². The van der Waals surface area contributed by atoms with Crippen LogP contribution in [0.4, 0.5) is 5.13 Å². The second-order valence-corrected chi connectivity index (χ2v) is 5.40. The molecule has 1 aromatic carbocycles. The number of carbonyl (C=O) groups is 1. The first kappa shape index (κ1) is 16.8. The zero-order valence-electron chi connectivity index (χ0n) is 13.2. The molecule has 0 saturated heterocycles. The molecule has 2 rings (SSSR count).